The molecule has 1 aliphatic carbocycles. The minimum Gasteiger partial charge on any atom is -0.367 e. The monoisotopic (exact) mass is 287 g/mol. The molecule has 2 aliphatic rings. The molecule has 1 unspecified atom stereocenters. The Balaban J connectivity index is 1.63. The van der Waals surface area contributed by atoms with E-state index in [-0.39, 0.29) is 11.9 Å². The molecule has 0 bridgehead atoms. The first kappa shape index (κ1) is 14.7. The van der Waals surface area contributed by atoms with Gasteiger partial charge in [0.25, 0.3) is 0 Å². The van der Waals surface area contributed by atoms with Crippen LogP contribution in [-0.4, -0.2) is 43.0 Å². The molecule has 114 valence electrons. The van der Waals surface area contributed by atoms with E-state index in [1.807, 2.05) is 12.1 Å². The largest absolute Gasteiger partial charge is 0.367 e. The van der Waals surface area contributed by atoms with Gasteiger partial charge in [-0.2, -0.15) is 0 Å². The lowest BCUT2D eigenvalue weighted by molar-refractivity contribution is -0.0163. The Hall–Kier alpha value is -1.19. The topological polar surface area (TPSA) is 29.5 Å². The van der Waals surface area contributed by atoms with Gasteiger partial charge in [0.15, 0.2) is 5.78 Å². The molecule has 0 N–H and O–H groups in total. The zero-order valence-electron chi connectivity index (χ0n) is 12.9. The fourth-order valence-corrected chi connectivity index (χ4v) is 3.23. The van der Waals surface area contributed by atoms with Crippen molar-refractivity contribution in [2.45, 2.75) is 44.6 Å². The van der Waals surface area contributed by atoms with Crippen LogP contribution < -0.4 is 0 Å². The minimum absolute atomic E-state index is 0.135. The number of hydrogen-bond acceptors (Lipinski definition) is 3. The fraction of sp³-hybridized carbons (Fsp3) is 0.611. The highest BCUT2D eigenvalue weighted by atomic mass is 16.5. The third kappa shape index (κ3) is 3.35. The van der Waals surface area contributed by atoms with Crippen LogP contribution in [0.2, 0.25) is 0 Å². The summed E-state index contributed by atoms with van der Waals surface area (Å²) < 4.78 is 5.69. The smallest absolute Gasteiger partial charge is 0.192 e. The van der Waals surface area contributed by atoms with Gasteiger partial charge in [-0.25, -0.2) is 0 Å². The number of benzene rings is 1. The van der Waals surface area contributed by atoms with Gasteiger partial charge in [-0.15, -0.1) is 0 Å². The summed E-state index contributed by atoms with van der Waals surface area (Å²) in [5.41, 5.74) is 2.18. The molecule has 2 fully saturated rings. The van der Waals surface area contributed by atoms with Gasteiger partial charge in [0.1, 0.15) is 6.10 Å². The predicted molar refractivity (Wildman–Crippen MR) is 83.8 cm³/mol. The maximum atomic E-state index is 12.6. The van der Waals surface area contributed by atoms with Gasteiger partial charge in [-0.1, -0.05) is 37.6 Å². The molecule has 3 heteroatoms. The first-order valence-electron chi connectivity index (χ1n) is 8.26. The molecule has 1 heterocycles. The molecule has 1 saturated carbocycles. The zero-order valence-corrected chi connectivity index (χ0v) is 12.9. The van der Waals surface area contributed by atoms with Crippen LogP contribution in [0.5, 0.6) is 0 Å². The SMILES string of the molecule is CCCN1CCOC(C(=O)c2ccc(C3CCC3)cc2)C1. The third-order valence-electron chi connectivity index (χ3n) is 4.75. The average Bonchev–Trinajstić information content (AvgIpc) is 2.46. The molecule has 1 aliphatic heterocycles. The van der Waals surface area contributed by atoms with E-state index in [0.717, 1.165) is 37.5 Å². The molecule has 1 saturated heterocycles. The van der Waals surface area contributed by atoms with Crippen molar-refractivity contribution >= 4 is 5.78 Å². The van der Waals surface area contributed by atoms with Crippen LogP contribution in [0.15, 0.2) is 24.3 Å². The van der Waals surface area contributed by atoms with Crippen molar-refractivity contribution in [3.05, 3.63) is 35.4 Å². The Bertz CT molecular complexity index is 476. The van der Waals surface area contributed by atoms with E-state index in [4.69, 9.17) is 4.74 Å². The summed E-state index contributed by atoms with van der Waals surface area (Å²) >= 11 is 0. The van der Waals surface area contributed by atoms with E-state index in [1.165, 1.54) is 24.8 Å². The summed E-state index contributed by atoms with van der Waals surface area (Å²) in [6, 6.07) is 8.23. The highest BCUT2D eigenvalue weighted by Gasteiger charge is 2.27. The van der Waals surface area contributed by atoms with Crippen molar-refractivity contribution < 1.29 is 9.53 Å². The van der Waals surface area contributed by atoms with Gasteiger partial charge in [-0.05, 0) is 37.3 Å². The molecule has 0 spiro atoms. The molecule has 3 nitrogen and oxygen atoms in total. The number of Topliss-reactive ketones (excluding diaryl/α,β-unsaturated/α-hetero) is 1. The lowest BCUT2D eigenvalue weighted by Crippen LogP contribution is -2.46. The van der Waals surface area contributed by atoms with Crippen molar-refractivity contribution in [2.24, 2.45) is 0 Å². The van der Waals surface area contributed by atoms with Crippen molar-refractivity contribution in [1.29, 1.82) is 0 Å². The first-order valence-corrected chi connectivity index (χ1v) is 8.26. The number of hydrogen-bond donors (Lipinski definition) is 0. The van der Waals surface area contributed by atoms with Crippen LogP contribution in [0.3, 0.4) is 0 Å². The van der Waals surface area contributed by atoms with Crippen LogP contribution in [-0.2, 0) is 4.74 Å². The fourth-order valence-electron chi connectivity index (χ4n) is 3.23. The Labute approximate surface area is 127 Å². The molecule has 1 atom stereocenters. The lowest BCUT2D eigenvalue weighted by atomic mass is 9.80. The highest BCUT2D eigenvalue weighted by Crippen LogP contribution is 2.36. The van der Waals surface area contributed by atoms with Gasteiger partial charge in [-0.3, -0.25) is 9.69 Å². The maximum Gasteiger partial charge on any atom is 0.192 e. The molecule has 1 aromatic carbocycles. The van der Waals surface area contributed by atoms with E-state index in [1.54, 1.807) is 0 Å². The summed E-state index contributed by atoms with van der Waals surface area (Å²) in [6.45, 7) is 5.56. The van der Waals surface area contributed by atoms with E-state index >= 15 is 0 Å². The Morgan fingerprint density at radius 3 is 2.67 bits per heavy atom. The Morgan fingerprint density at radius 1 is 1.29 bits per heavy atom. The molecule has 0 amide bonds. The number of ether oxygens (including phenoxy) is 1. The number of morpholine rings is 1. The van der Waals surface area contributed by atoms with Crippen LogP contribution in [0.1, 0.15) is 54.4 Å². The van der Waals surface area contributed by atoms with Crippen LogP contribution in [0.4, 0.5) is 0 Å². The first-order chi connectivity index (χ1) is 10.3. The average molecular weight is 287 g/mol. The minimum atomic E-state index is -0.292. The van der Waals surface area contributed by atoms with Crippen molar-refractivity contribution in [3.63, 3.8) is 0 Å². The summed E-state index contributed by atoms with van der Waals surface area (Å²) in [4.78, 5) is 14.9. The molecular weight excluding hydrogens is 262 g/mol. The second kappa shape index (κ2) is 6.71. The van der Waals surface area contributed by atoms with Crippen LogP contribution in [0.25, 0.3) is 0 Å². The number of rotatable bonds is 5. The Morgan fingerprint density at radius 2 is 2.05 bits per heavy atom. The quantitative estimate of drug-likeness (QED) is 0.779. The second-order valence-corrected chi connectivity index (χ2v) is 6.27. The maximum absolute atomic E-state index is 12.6. The number of carbonyl (C=O) groups excluding carboxylic acids is 1. The van der Waals surface area contributed by atoms with Crippen LogP contribution >= 0.6 is 0 Å². The lowest BCUT2D eigenvalue weighted by Gasteiger charge is -2.32. The predicted octanol–water partition coefficient (Wildman–Crippen LogP) is 3.25. The standard InChI is InChI=1S/C18H25NO2/c1-2-10-19-11-12-21-17(13-19)18(20)16-8-6-15(7-9-16)14-4-3-5-14/h6-9,14,17H,2-5,10-13H2,1H3. The third-order valence-corrected chi connectivity index (χ3v) is 4.75. The number of ketones is 1. The number of carbonyl (C=O) groups is 1. The van der Waals surface area contributed by atoms with E-state index < -0.39 is 0 Å². The normalized spacial score (nSPS) is 23.8. The molecular formula is C18H25NO2. The Kier molecular flexibility index (Phi) is 4.71. The molecule has 0 aromatic heterocycles. The second-order valence-electron chi connectivity index (χ2n) is 6.27. The number of nitrogens with zero attached hydrogens (tertiary/aromatic N) is 1. The summed E-state index contributed by atoms with van der Waals surface area (Å²) in [5, 5.41) is 0. The highest BCUT2D eigenvalue weighted by molar-refractivity contribution is 5.99. The summed E-state index contributed by atoms with van der Waals surface area (Å²) in [5.74, 6) is 0.857. The van der Waals surface area contributed by atoms with Crippen molar-refractivity contribution in [2.75, 3.05) is 26.2 Å². The summed E-state index contributed by atoms with van der Waals surface area (Å²) in [6.07, 6.45) is 4.77. The molecule has 21 heavy (non-hydrogen) atoms. The van der Waals surface area contributed by atoms with E-state index in [2.05, 4.69) is 24.0 Å². The zero-order chi connectivity index (χ0) is 14.7. The van der Waals surface area contributed by atoms with Crippen molar-refractivity contribution in [3.8, 4) is 0 Å². The molecule has 0 radical (unpaired) electrons. The van der Waals surface area contributed by atoms with E-state index in [0.29, 0.717) is 6.61 Å². The summed E-state index contributed by atoms with van der Waals surface area (Å²) in [7, 11) is 0. The molecule has 1 aromatic rings. The van der Waals surface area contributed by atoms with Gasteiger partial charge in [0.05, 0.1) is 6.61 Å². The van der Waals surface area contributed by atoms with Crippen molar-refractivity contribution in [1.82, 2.24) is 4.90 Å². The van der Waals surface area contributed by atoms with E-state index in [9.17, 15) is 4.79 Å². The molecule has 3 rings (SSSR count). The van der Waals surface area contributed by atoms with Gasteiger partial charge in [0, 0.05) is 18.7 Å². The van der Waals surface area contributed by atoms with Gasteiger partial charge < -0.3 is 4.74 Å². The van der Waals surface area contributed by atoms with Gasteiger partial charge >= 0.3 is 0 Å². The van der Waals surface area contributed by atoms with Gasteiger partial charge in [0.2, 0.25) is 0 Å². The van der Waals surface area contributed by atoms with Crippen LogP contribution in [0, 0.1) is 0 Å².